The van der Waals surface area contributed by atoms with Gasteiger partial charge in [0.25, 0.3) is 0 Å². The molecule has 0 aliphatic rings. The van der Waals surface area contributed by atoms with Gasteiger partial charge >= 0.3 is 5.97 Å². The lowest BCUT2D eigenvalue weighted by Gasteiger charge is -2.08. The highest BCUT2D eigenvalue weighted by molar-refractivity contribution is 6.33. The number of anilines is 1. The van der Waals surface area contributed by atoms with Gasteiger partial charge in [0.2, 0.25) is 5.91 Å². The molecule has 20 heavy (non-hydrogen) atoms. The Labute approximate surface area is 122 Å². The average Bonchev–Trinajstić information content (AvgIpc) is 2.40. The van der Waals surface area contributed by atoms with Crippen LogP contribution in [-0.2, 0) is 4.79 Å². The Balaban J connectivity index is 2.53. The number of nitrogens with one attached hydrogen (secondary N) is 2. The quantitative estimate of drug-likeness (QED) is 0.534. The van der Waals surface area contributed by atoms with Crippen LogP contribution in [-0.4, -0.2) is 30.1 Å². The number of rotatable bonds is 7. The van der Waals surface area contributed by atoms with Crippen molar-refractivity contribution in [3.63, 3.8) is 0 Å². The lowest BCUT2D eigenvalue weighted by Crippen LogP contribution is -2.28. The number of carboxylic acid groups (broad SMARTS) is 1. The fraction of sp³-hybridized carbons (Fsp3) is 0.286. The monoisotopic (exact) mass is 296 g/mol. The minimum atomic E-state index is -1.07. The van der Waals surface area contributed by atoms with Crippen molar-refractivity contribution in [1.29, 1.82) is 0 Å². The molecular weight excluding hydrogens is 280 g/mol. The summed E-state index contributed by atoms with van der Waals surface area (Å²) in [5.41, 5.74) is 0.373. The summed E-state index contributed by atoms with van der Waals surface area (Å²) in [7, 11) is 0. The third-order valence-corrected chi connectivity index (χ3v) is 2.83. The average molecular weight is 297 g/mol. The van der Waals surface area contributed by atoms with Crippen molar-refractivity contribution < 1.29 is 14.7 Å². The fourth-order valence-corrected chi connectivity index (χ4v) is 1.67. The third-order valence-electron chi connectivity index (χ3n) is 2.50. The Kier molecular flexibility index (Phi) is 6.76. The molecule has 0 unspecified atom stereocenters. The van der Waals surface area contributed by atoms with Crippen molar-refractivity contribution in [3.05, 3.63) is 40.9 Å². The number of hydrogen-bond donors (Lipinski definition) is 3. The molecule has 0 atom stereocenters. The van der Waals surface area contributed by atoms with Gasteiger partial charge in [0, 0.05) is 0 Å². The molecule has 5 nitrogen and oxygen atoms in total. The lowest BCUT2D eigenvalue weighted by molar-refractivity contribution is -0.115. The van der Waals surface area contributed by atoms with Gasteiger partial charge in [-0.2, -0.15) is 0 Å². The van der Waals surface area contributed by atoms with Gasteiger partial charge in [-0.05, 0) is 38.1 Å². The van der Waals surface area contributed by atoms with Gasteiger partial charge in [-0.15, -0.1) is 0 Å². The first-order valence-corrected chi connectivity index (χ1v) is 6.57. The second kappa shape index (κ2) is 8.35. The molecule has 1 rings (SSSR count). The zero-order valence-corrected chi connectivity index (χ0v) is 11.9. The zero-order chi connectivity index (χ0) is 15.0. The summed E-state index contributed by atoms with van der Waals surface area (Å²) in [5, 5.41) is 14.7. The van der Waals surface area contributed by atoms with Crippen LogP contribution in [0.5, 0.6) is 0 Å². The summed E-state index contributed by atoms with van der Waals surface area (Å²) >= 11 is 5.91. The van der Waals surface area contributed by atoms with Crippen molar-refractivity contribution in [2.45, 2.75) is 13.3 Å². The molecule has 0 fully saturated rings. The van der Waals surface area contributed by atoms with E-state index in [9.17, 15) is 9.59 Å². The maximum Gasteiger partial charge on any atom is 0.335 e. The van der Waals surface area contributed by atoms with E-state index in [2.05, 4.69) is 10.6 Å². The predicted octanol–water partition coefficient (Wildman–Crippen LogP) is 2.53. The van der Waals surface area contributed by atoms with Gasteiger partial charge in [0.15, 0.2) is 0 Å². The summed E-state index contributed by atoms with van der Waals surface area (Å²) in [5.74, 6) is -1.34. The lowest BCUT2D eigenvalue weighted by atomic mass is 10.2. The van der Waals surface area contributed by atoms with E-state index >= 15 is 0 Å². The predicted molar refractivity (Wildman–Crippen MR) is 79.3 cm³/mol. The van der Waals surface area contributed by atoms with Gasteiger partial charge in [-0.25, -0.2) is 4.79 Å². The fourth-order valence-electron chi connectivity index (χ4n) is 1.50. The van der Waals surface area contributed by atoms with Gasteiger partial charge < -0.3 is 15.7 Å². The number of carbonyl (C=O) groups is 2. The highest BCUT2D eigenvalue weighted by Gasteiger charge is 2.09. The van der Waals surface area contributed by atoms with Gasteiger partial charge in [0.1, 0.15) is 0 Å². The van der Waals surface area contributed by atoms with E-state index in [1.807, 2.05) is 19.1 Å². The molecule has 1 aromatic rings. The molecule has 0 aliphatic carbocycles. The molecule has 6 heteroatoms. The first-order valence-electron chi connectivity index (χ1n) is 6.19. The largest absolute Gasteiger partial charge is 0.478 e. The topological polar surface area (TPSA) is 78.4 Å². The molecule has 1 aromatic carbocycles. The maximum atomic E-state index is 11.7. The molecule has 0 aromatic heterocycles. The molecule has 0 saturated heterocycles. The van der Waals surface area contributed by atoms with E-state index in [1.54, 1.807) is 0 Å². The van der Waals surface area contributed by atoms with Crippen molar-refractivity contribution in [2.24, 2.45) is 0 Å². The molecule has 0 spiro atoms. The van der Waals surface area contributed by atoms with E-state index in [0.717, 1.165) is 6.42 Å². The standard InChI is InChI=1S/C14H17ClN2O3/c1-2-3-4-7-16-9-13(18)17-12-8-10(14(19)20)5-6-11(12)15/h2-3,5-6,8,16H,4,7,9H2,1H3,(H,17,18)(H,19,20)/b3-2+. The minimum Gasteiger partial charge on any atom is -0.478 e. The third kappa shape index (κ3) is 5.42. The Morgan fingerprint density at radius 1 is 1.40 bits per heavy atom. The number of halogens is 1. The molecule has 0 bridgehead atoms. The van der Waals surface area contributed by atoms with Gasteiger partial charge in [0.05, 0.1) is 22.8 Å². The van der Waals surface area contributed by atoms with Crippen LogP contribution in [0.3, 0.4) is 0 Å². The second-order valence-electron chi connectivity index (χ2n) is 4.08. The smallest absolute Gasteiger partial charge is 0.335 e. The van der Waals surface area contributed by atoms with Crippen molar-refractivity contribution in [3.8, 4) is 0 Å². The second-order valence-corrected chi connectivity index (χ2v) is 4.49. The minimum absolute atomic E-state index is 0.0748. The highest BCUT2D eigenvalue weighted by atomic mass is 35.5. The number of amides is 1. The van der Waals surface area contributed by atoms with Crippen LogP contribution in [0.25, 0.3) is 0 Å². The van der Waals surface area contributed by atoms with Crippen LogP contribution in [0.4, 0.5) is 5.69 Å². The van der Waals surface area contributed by atoms with Gasteiger partial charge in [-0.3, -0.25) is 4.79 Å². The van der Waals surface area contributed by atoms with E-state index in [4.69, 9.17) is 16.7 Å². The normalized spacial score (nSPS) is 10.7. The molecule has 0 heterocycles. The van der Waals surface area contributed by atoms with Crippen molar-refractivity contribution in [1.82, 2.24) is 5.32 Å². The molecule has 0 saturated carbocycles. The van der Waals surface area contributed by atoms with Crippen LogP contribution in [0, 0.1) is 0 Å². The number of aromatic carboxylic acids is 1. The highest BCUT2D eigenvalue weighted by Crippen LogP contribution is 2.22. The molecule has 0 aliphatic heterocycles. The summed E-state index contributed by atoms with van der Waals surface area (Å²) in [6.45, 7) is 2.77. The molecule has 0 radical (unpaired) electrons. The Morgan fingerprint density at radius 3 is 2.80 bits per heavy atom. The Bertz CT molecular complexity index is 515. The first kappa shape index (κ1) is 16.2. The molecule has 108 valence electrons. The summed E-state index contributed by atoms with van der Waals surface area (Å²) in [6, 6.07) is 4.16. The van der Waals surface area contributed by atoms with Gasteiger partial charge in [-0.1, -0.05) is 23.8 Å². The van der Waals surface area contributed by atoms with E-state index in [-0.39, 0.29) is 18.0 Å². The van der Waals surface area contributed by atoms with Crippen LogP contribution in [0.1, 0.15) is 23.7 Å². The SMILES string of the molecule is C/C=C/CCNCC(=O)Nc1cc(C(=O)O)ccc1Cl. The van der Waals surface area contributed by atoms with E-state index in [0.29, 0.717) is 17.3 Å². The summed E-state index contributed by atoms with van der Waals surface area (Å²) in [6.07, 6.45) is 4.79. The zero-order valence-electron chi connectivity index (χ0n) is 11.1. The number of carbonyl (C=O) groups excluding carboxylic acids is 1. The maximum absolute atomic E-state index is 11.7. The first-order chi connectivity index (χ1) is 9.54. The van der Waals surface area contributed by atoms with Crippen LogP contribution >= 0.6 is 11.6 Å². The Morgan fingerprint density at radius 2 is 2.15 bits per heavy atom. The van der Waals surface area contributed by atoms with Crippen molar-refractivity contribution >= 4 is 29.2 Å². The van der Waals surface area contributed by atoms with E-state index < -0.39 is 5.97 Å². The summed E-state index contributed by atoms with van der Waals surface area (Å²) < 4.78 is 0. The number of allylic oxidation sites excluding steroid dienone is 1. The number of benzene rings is 1. The van der Waals surface area contributed by atoms with E-state index in [1.165, 1.54) is 18.2 Å². The summed E-state index contributed by atoms with van der Waals surface area (Å²) in [4.78, 5) is 22.5. The number of hydrogen-bond acceptors (Lipinski definition) is 3. The molecular formula is C14H17ClN2O3. The number of carboxylic acids is 1. The van der Waals surface area contributed by atoms with Crippen LogP contribution in [0.15, 0.2) is 30.4 Å². The molecule has 3 N–H and O–H groups in total. The Hall–Kier alpha value is -1.85. The van der Waals surface area contributed by atoms with Crippen LogP contribution in [0.2, 0.25) is 5.02 Å². The molecule has 1 amide bonds. The van der Waals surface area contributed by atoms with Crippen LogP contribution < -0.4 is 10.6 Å². The van der Waals surface area contributed by atoms with Crippen molar-refractivity contribution in [2.75, 3.05) is 18.4 Å².